The van der Waals surface area contributed by atoms with E-state index in [0.29, 0.717) is 32.7 Å². The molecule has 0 aliphatic carbocycles. The van der Waals surface area contributed by atoms with E-state index in [2.05, 4.69) is 31.4 Å². The highest BCUT2D eigenvalue weighted by molar-refractivity contribution is 9.10. The van der Waals surface area contributed by atoms with E-state index in [-0.39, 0.29) is 23.5 Å². The number of thioether (sulfide) groups is 1. The highest BCUT2D eigenvalue weighted by Crippen LogP contribution is 2.30. The molecule has 1 N–H and O–H groups in total. The van der Waals surface area contributed by atoms with Gasteiger partial charge in [0.2, 0.25) is 11.7 Å². The predicted molar refractivity (Wildman–Crippen MR) is 112 cm³/mol. The number of benzene rings is 1. The molecule has 2 heterocycles. The van der Waals surface area contributed by atoms with E-state index in [1.54, 1.807) is 30.3 Å². The normalized spacial score (nSPS) is 11.0. The van der Waals surface area contributed by atoms with Crippen molar-refractivity contribution in [3.8, 4) is 11.6 Å². The first-order valence-corrected chi connectivity index (χ1v) is 10.4. The first kappa shape index (κ1) is 20.3. The molecular formula is C19H19BrN4O3S. The minimum absolute atomic E-state index is 0.0485. The van der Waals surface area contributed by atoms with E-state index < -0.39 is 0 Å². The van der Waals surface area contributed by atoms with Crippen LogP contribution in [0.4, 0.5) is 5.69 Å². The Balaban J connectivity index is 1.70. The molecule has 3 rings (SSSR count). The lowest BCUT2D eigenvalue weighted by atomic mass is 10.1. The number of Topliss-reactive ketones (excluding diaryl/α,β-unsaturated/α-hetero) is 1. The lowest BCUT2D eigenvalue weighted by molar-refractivity contribution is -0.113. The van der Waals surface area contributed by atoms with Crippen molar-refractivity contribution in [2.24, 2.45) is 0 Å². The van der Waals surface area contributed by atoms with Crippen molar-refractivity contribution in [3.05, 3.63) is 46.6 Å². The Labute approximate surface area is 175 Å². The summed E-state index contributed by atoms with van der Waals surface area (Å²) in [5, 5.41) is 11.9. The molecule has 28 heavy (non-hydrogen) atoms. The Bertz CT molecular complexity index is 1010. The fourth-order valence-electron chi connectivity index (χ4n) is 2.59. The molecule has 0 unspecified atom stereocenters. The van der Waals surface area contributed by atoms with Gasteiger partial charge in [-0.25, -0.2) is 0 Å². The van der Waals surface area contributed by atoms with Gasteiger partial charge in [-0.05, 0) is 61.0 Å². The summed E-state index contributed by atoms with van der Waals surface area (Å²) in [6.45, 7) is 5.52. The maximum Gasteiger partial charge on any atom is 0.234 e. The molecule has 0 atom stereocenters. The molecule has 0 saturated heterocycles. The monoisotopic (exact) mass is 462 g/mol. The van der Waals surface area contributed by atoms with Gasteiger partial charge < -0.3 is 9.73 Å². The molecule has 3 aromatic rings. The highest BCUT2D eigenvalue weighted by atomic mass is 79.9. The number of nitrogens with zero attached hydrogens (tertiary/aromatic N) is 3. The quantitative estimate of drug-likeness (QED) is 0.399. The molecule has 0 aliphatic rings. The first-order valence-electron chi connectivity index (χ1n) is 8.59. The molecule has 146 valence electrons. The number of furan rings is 1. The Morgan fingerprint density at radius 2 is 2.04 bits per heavy atom. The van der Waals surface area contributed by atoms with E-state index in [1.807, 2.05) is 24.5 Å². The van der Waals surface area contributed by atoms with E-state index >= 15 is 0 Å². The third kappa shape index (κ3) is 4.71. The summed E-state index contributed by atoms with van der Waals surface area (Å²) in [6, 6.07) is 10.6. The van der Waals surface area contributed by atoms with Crippen molar-refractivity contribution < 1.29 is 14.0 Å². The second-order valence-electron chi connectivity index (χ2n) is 6.35. The van der Waals surface area contributed by atoms with Crippen LogP contribution in [0, 0.1) is 0 Å². The number of halogens is 1. The summed E-state index contributed by atoms with van der Waals surface area (Å²) in [6.07, 6.45) is 0. The molecule has 9 heteroatoms. The van der Waals surface area contributed by atoms with Crippen LogP contribution in [0.1, 0.15) is 37.2 Å². The summed E-state index contributed by atoms with van der Waals surface area (Å²) in [5.74, 6) is 1.14. The molecule has 0 spiro atoms. The van der Waals surface area contributed by atoms with Crippen molar-refractivity contribution in [1.29, 1.82) is 0 Å². The van der Waals surface area contributed by atoms with Crippen LogP contribution in [-0.2, 0) is 4.79 Å². The van der Waals surface area contributed by atoms with Crippen LogP contribution < -0.4 is 5.32 Å². The van der Waals surface area contributed by atoms with E-state index in [1.165, 1.54) is 18.7 Å². The average molecular weight is 463 g/mol. The van der Waals surface area contributed by atoms with Crippen molar-refractivity contribution in [2.75, 3.05) is 11.1 Å². The van der Waals surface area contributed by atoms with E-state index in [4.69, 9.17) is 4.42 Å². The Morgan fingerprint density at radius 3 is 2.68 bits per heavy atom. The number of ketones is 1. The summed E-state index contributed by atoms with van der Waals surface area (Å²) in [4.78, 5) is 23.8. The standard InChI is InChI=1S/C19H19BrN4O3S/c1-11(2)24-18(15-7-8-16(20)27-15)22-23-19(24)28-10-17(26)21-14-6-4-5-13(9-14)12(3)25/h4-9,11H,10H2,1-3H3,(H,21,26). The Morgan fingerprint density at radius 1 is 1.25 bits per heavy atom. The lowest BCUT2D eigenvalue weighted by Gasteiger charge is -2.12. The zero-order valence-electron chi connectivity index (χ0n) is 15.6. The number of carbonyl (C=O) groups is 2. The van der Waals surface area contributed by atoms with Crippen LogP contribution in [0.3, 0.4) is 0 Å². The zero-order valence-corrected chi connectivity index (χ0v) is 18.0. The number of amides is 1. The number of anilines is 1. The van der Waals surface area contributed by atoms with Crippen LogP contribution >= 0.6 is 27.7 Å². The molecule has 1 aromatic carbocycles. The fourth-order valence-corrected chi connectivity index (χ4v) is 3.76. The van der Waals surface area contributed by atoms with Gasteiger partial charge in [-0.1, -0.05) is 23.9 Å². The molecule has 0 bridgehead atoms. The SMILES string of the molecule is CC(=O)c1cccc(NC(=O)CSc2nnc(-c3ccc(Br)o3)n2C(C)C)c1. The molecule has 0 fully saturated rings. The molecule has 0 saturated carbocycles. The number of aromatic nitrogens is 3. The van der Waals surface area contributed by atoms with Gasteiger partial charge in [0.15, 0.2) is 21.4 Å². The molecule has 0 aliphatic heterocycles. The van der Waals surface area contributed by atoms with Gasteiger partial charge in [-0.15, -0.1) is 10.2 Å². The minimum Gasteiger partial charge on any atom is -0.446 e. The molecule has 1 amide bonds. The number of nitrogens with one attached hydrogen (secondary N) is 1. The summed E-state index contributed by atoms with van der Waals surface area (Å²) >= 11 is 4.58. The van der Waals surface area contributed by atoms with Gasteiger partial charge in [0, 0.05) is 17.3 Å². The first-order chi connectivity index (χ1) is 13.3. The zero-order chi connectivity index (χ0) is 20.3. The average Bonchev–Trinajstić information content (AvgIpc) is 3.26. The summed E-state index contributed by atoms with van der Waals surface area (Å²) in [7, 11) is 0. The fraction of sp³-hybridized carbons (Fsp3) is 0.263. The second-order valence-corrected chi connectivity index (χ2v) is 8.07. The smallest absolute Gasteiger partial charge is 0.234 e. The number of rotatable bonds is 7. The number of hydrogen-bond donors (Lipinski definition) is 1. The largest absolute Gasteiger partial charge is 0.446 e. The number of hydrogen-bond acceptors (Lipinski definition) is 6. The van der Waals surface area contributed by atoms with E-state index in [0.717, 1.165) is 0 Å². The lowest BCUT2D eigenvalue weighted by Crippen LogP contribution is -2.15. The van der Waals surface area contributed by atoms with Crippen LogP contribution in [0.25, 0.3) is 11.6 Å². The third-order valence-corrected chi connectivity index (χ3v) is 5.23. The van der Waals surface area contributed by atoms with Gasteiger partial charge in [0.05, 0.1) is 5.75 Å². The molecule has 0 radical (unpaired) electrons. The van der Waals surface area contributed by atoms with Crippen molar-refractivity contribution in [1.82, 2.24) is 14.8 Å². The summed E-state index contributed by atoms with van der Waals surface area (Å²) < 4.78 is 8.13. The molecule has 2 aromatic heterocycles. The Kier molecular flexibility index (Phi) is 6.35. The predicted octanol–water partition coefficient (Wildman–Crippen LogP) is 4.81. The minimum atomic E-state index is -0.189. The van der Waals surface area contributed by atoms with Crippen molar-refractivity contribution in [3.63, 3.8) is 0 Å². The third-order valence-electron chi connectivity index (χ3n) is 3.86. The van der Waals surface area contributed by atoms with Gasteiger partial charge in [0.1, 0.15) is 0 Å². The number of carbonyl (C=O) groups excluding carboxylic acids is 2. The van der Waals surface area contributed by atoms with E-state index in [9.17, 15) is 9.59 Å². The van der Waals surface area contributed by atoms with Gasteiger partial charge in [-0.3, -0.25) is 14.2 Å². The Hall–Kier alpha value is -2.39. The second kappa shape index (κ2) is 8.74. The molecule has 7 nitrogen and oxygen atoms in total. The highest BCUT2D eigenvalue weighted by Gasteiger charge is 2.20. The van der Waals surface area contributed by atoms with Crippen molar-refractivity contribution in [2.45, 2.75) is 32.0 Å². The topological polar surface area (TPSA) is 90.0 Å². The van der Waals surface area contributed by atoms with Gasteiger partial charge in [-0.2, -0.15) is 0 Å². The van der Waals surface area contributed by atoms with Gasteiger partial charge in [0.25, 0.3) is 0 Å². The summed E-state index contributed by atoms with van der Waals surface area (Å²) in [5.41, 5.74) is 1.14. The van der Waals surface area contributed by atoms with Crippen LogP contribution in [0.2, 0.25) is 0 Å². The maximum atomic E-state index is 12.3. The van der Waals surface area contributed by atoms with Gasteiger partial charge >= 0.3 is 0 Å². The van der Waals surface area contributed by atoms with Crippen LogP contribution in [0.5, 0.6) is 0 Å². The maximum absolute atomic E-state index is 12.3. The van der Waals surface area contributed by atoms with Crippen LogP contribution in [0.15, 0.2) is 50.6 Å². The molecular weight excluding hydrogens is 444 g/mol. The van der Waals surface area contributed by atoms with Crippen LogP contribution in [-0.4, -0.2) is 32.2 Å². The van der Waals surface area contributed by atoms with Crippen molar-refractivity contribution >= 4 is 45.1 Å².